The number of hydrogen-bond acceptors (Lipinski definition) is 4. The zero-order chi connectivity index (χ0) is 20.6. The number of halogens is 1. The number of nitrogens with one attached hydrogen (secondary N) is 2. The normalized spacial score (nSPS) is 10.1. The van der Waals surface area contributed by atoms with Crippen LogP contribution in [0.4, 0.5) is 11.4 Å². The highest BCUT2D eigenvalue weighted by atomic mass is 35.5. The number of anilines is 2. The molecule has 7 heteroatoms. The van der Waals surface area contributed by atoms with Crippen molar-refractivity contribution >= 4 is 34.8 Å². The molecule has 0 aliphatic heterocycles. The van der Waals surface area contributed by atoms with Crippen molar-refractivity contribution in [3.63, 3.8) is 0 Å². The summed E-state index contributed by atoms with van der Waals surface area (Å²) in [5, 5.41) is 5.94. The Balaban J connectivity index is 1.53. The van der Waals surface area contributed by atoms with Crippen molar-refractivity contribution < 1.29 is 19.1 Å². The minimum Gasteiger partial charge on any atom is -0.497 e. The molecule has 148 valence electrons. The van der Waals surface area contributed by atoms with Gasteiger partial charge in [0.15, 0.2) is 6.61 Å². The van der Waals surface area contributed by atoms with Crippen LogP contribution in [-0.2, 0) is 4.79 Å². The highest BCUT2D eigenvalue weighted by Gasteiger charge is 2.09. The zero-order valence-electron chi connectivity index (χ0n) is 15.6. The molecule has 2 amide bonds. The molecule has 0 aliphatic carbocycles. The lowest BCUT2D eigenvalue weighted by Gasteiger charge is -2.10. The monoisotopic (exact) mass is 410 g/mol. The molecule has 0 atom stereocenters. The molecule has 0 fully saturated rings. The summed E-state index contributed by atoms with van der Waals surface area (Å²) in [6, 6.07) is 20.5. The Bertz CT molecular complexity index is 1010. The first-order valence-corrected chi connectivity index (χ1v) is 9.15. The third kappa shape index (κ3) is 5.73. The van der Waals surface area contributed by atoms with Gasteiger partial charge in [-0.3, -0.25) is 9.59 Å². The number of benzene rings is 3. The second-order valence-electron chi connectivity index (χ2n) is 6.03. The largest absolute Gasteiger partial charge is 0.497 e. The van der Waals surface area contributed by atoms with Gasteiger partial charge in [0.25, 0.3) is 11.8 Å². The Labute approximate surface area is 173 Å². The molecule has 6 nitrogen and oxygen atoms in total. The van der Waals surface area contributed by atoms with Crippen LogP contribution in [0.15, 0.2) is 72.8 Å². The first kappa shape index (κ1) is 20.2. The lowest BCUT2D eigenvalue weighted by Crippen LogP contribution is -2.20. The molecule has 0 bridgehead atoms. The zero-order valence-corrected chi connectivity index (χ0v) is 16.4. The van der Waals surface area contributed by atoms with Crippen LogP contribution >= 0.6 is 11.6 Å². The Morgan fingerprint density at radius 3 is 2.38 bits per heavy atom. The number of amides is 2. The Kier molecular flexibility index (Phi) is 6.71. The number of para-hydroxylation sites is 1. The van der Waals surface area contributed by atoms with Gasteiger partial charge in [-0.2, -0.15) is 0 Å². The predicted octanol–water partition coefficient (Wildman–Crippen LogP) is 4.62. The van der Waals surface area contributed by atoms with Gasteiger partial charge in [0, 0.05) is 17.3 Å². The van der Waals surface area contributed by atoms with E-state index in [1.165, 1.54) is 0 Å². The van der Waals surface area contributed by atoms with E-state index in [2.05, 4.69) is 10.6 Å². The lowest BCUT2D eigenvalue weighted by atomic mass is 10.2. The number of hydrogen-bond donors (Lipinski definition) is 2. The summed E-state index contributed by atoms with van der Waals surface area (Å²) in [5.74, 6) is 0.522. The summed E-state index contributed by atoms with van der Waals surface area (Å²) >= 11 is 6.05. The maximum atomic E-state index is 12.3. The van der Waals surface area contributed by atoms with Crippen molar-refractivity contribution in [3.05, 3.63) is 83.4 Å². The van der Waals surface area contributed by atoms with E-state index in [1.54, 1.807) is 79.9 Å². The quantitative estimate of drug-likeness (QED) is 0.596. The molecule has 3 aromatic rings. The molecule has 0 radical (unpaired) electrons. The molecule has 29 heavy (non-hydrogen) atoms. The van der Waals surface area contributed by atoms with E-state index in [-0.39, 0.29) is 18.4 Å². The molecule has 3 rings (SSSR count). The van der Waals surface area contributed by atoms with Crippen LogP contribution < -0.4 is 20.1 Å². The second-order valence-corrected chi connectivity index (χ2v) is 6.43. The third-order valence-electron chi connectivity index (χ3n) is 3.96. The van der Waals surface area contributed by atoms with E-state index in [1.807, 2.05) is 0 Å². The van der Waals surface area contributed by atoms with Gasteiger partial charge in [0.05, 0.1) is 17.8 Å². The van der Waals surface area contributed by atoms with Crippen LogP contribution in [0.1, 0.15) is 10.4 Å². The highest BCUT2D eigenvalue weighted by Crippen LogP contribution is 2.22. The van der Waals surface area contributed by atoms with Gasteiger partial charge in [-0.15, -0.1) is 0 Å². The van der Waals surface area contributed by atoms with Crippen LogP contribution in [0, 0.1) is 0 Å². The molecule has 2 N–H and O–H groups in total. The maximum Gasteiger partial charge on any atom is 0.262 e. The maximum absolute atomic E-state index is 12.3. The number of carbonyl (C=O) groups is 2. The summed E-state index contributed by atoms with van der Waals surface area (Å²) in [4.78, 5) is 24.4. The molecule has 0 saturated carbocycles. The summed E-state index contributed by atoms with van der Waals surface area (Å²) < 4.78 is 10.6. The van der Waals surface area contributed by atoms with E-state index in [9.17, 15) is 9.59 Å². The Morgan fingerprint density at radius 2 is 1.66 bits per heavy atom. The second kappa shape index (κ2) is 9.61. The molecule has 0 spiro atoms. The third-order valence-corrected chi connectivity index (χ3v) is 4.29. The minimum absolute atomic E-state index is 0.164. The Hall–Kier alpha value is -3.51. The van der Waals surface area contributed by atoms with E-state index in [4.69, 9.17) is 21.1 Å². The molecular weight excluding hydrogens is 392 g/mol. The van der Waals surface area contributed by atoms with Gasteiger partial charge >= 0.3 is 0 Å². The minimum atomic E-state index is -0.307. The number of methoxy groups -OCH3 is 1. The standard InChI is InChI=1S/C22H19ClN2O4/c1-28-18-6-4-5-16(13-18)24-21(26)14-29-17-11-9-15(10-12-17)22(27)25-20-8-3-2-7-19(20)23/h2-13H,14H2,1H3,(H,24,26)(H,25,27). The number of ether oxygens (including phenoxy) is 2. The van der Waals surface area contributed by atoms with Crippen molar-refractivity contribution in [1.82, 2.24) is 0 Å². The fourth-order valence-electron chi connectivity index (χ4n) is 2.51. The average Bonchev–Trinajstić information content (AvgIpc) is 2.74. The first-order chi connectivity index (χ1) is 14.0. The number of rotatable bonds is 7. The van der Waals surface area contributed by atoms with Gasteiger partial charge < -0.3 is 20.1 Å². The number of carbonyl (C=O) groups excluding carboxylic acids is 2. The van der Waals surface area contributed by atoms with Gasteiger partial charge in [-0.05, 0) is 48.5 Å². The van der Waals surface area contributed by atoms with Crippen molar-refractivity contribution in [3.8, 4) is 11.5 Å². The summed E-state index contributed by atoms with van der Waals surface area (Å²) in [6.07, 6.45) is 0. The van der Waals surface area contributed by atoms with Crippen LogP contribution in [0.5, 0.6) is 11.5 Å². The molecular formula is C22H19ClN2O4. The van der Waals surface area contributed by atoms with Crippen molar-refractivity contribution in [1.29, 1.82) is 0 Å². The van der Waals surface area contributed by atoms with E-state index >= 15 is 0 Å². The molecule has 0 saturated heterocycles. The fourth-order valence-corrected chi connectivity index (χ4v) is 2.69. The molecule has 3 aromatic carbocycles. The molecule has 0 aromatic heterocycles. The van der Waals surface area contributed by atoms with Crippen LogP contribution in [0.25, 0.3) is 0 Å². The highest BCUT2D eigenvalue weighted by molar-refractivity contribution is 6.33. The van der Waals surface area contributed by atoms with Crippen LogP contribution in [0.3, 0.4) is 0 Å². The van der Waals surface area contributed by atoms with Crippen molar-refractivity contribution in [2.75, 3.05) is 24.4 Å². The smallest absolute Gasteiger partial charge is 0.262 e. The fraction of sp³-hybridized carbons (Fsp3) is 0.0909. The Morgan fingerprint density at radius 1 is 0.897 bits per heavy atom. The van der Waals surface area contributed by atoms with Gasteiger partial charge in [-0.1, -0.05) is 29.8 Å². The summed E-state index contributed by atoms with van der Waals surface area (Å²) in [5.41, 5.74) is 1.59. The molecule has 0 heterocycles. The van der Waals surface area contributed by atoms with Gasteiger partial charge in [-0.25, -0.2) is 0 Å². The van der Waals surface area contributed by atoms with Crippen molar-refractivity contribution in [2.45, 2.75) is 0 Å². The topological polar surface area (TPSA) is 76.7 Å². The van der Waals surface area contributed by atoms with Gasteiger partial charge in [0.2, 0.25) is 0 Å². The molecule has 0 aliphatic rings. The SMILES string of the molecule is COc1cccc(NC(=O)COc2ccc(C(=O)Nc3ccccc3Cl)cc2)c1. The molecule has 0 unspecified atom stereocenters. The summed E-state index contributed by atoms with van der Waals surface area (Å²) in [6.45, 7) is -0.164. The van der Waals surface area contributed by atoms with E-state index in [0.29, 0.717) is 33.5 Å². The lowest BCUT2D eigenvalue weighted by molar-refractivity contribution is -0.118. The van der Waals surface area contributed by atoms with Crippen LogP contribution in [-0.4, -0.2) is 25.5 Å². The first-order valence-electron chi connectivity index (χ1n) is 8.78. The van der Waals surface area contributed by atoms with Crippen molar-refractivity contribution in [2.24, 2.45) is 0 Å². The van der Waals surface area contributed by atoms with E-state index in [0.717, 1.165) is 0 Å². The van der Waals surface area contributed by atoms with Gasteiger partial charge in [0.1, 0.15) is 11.5 Å². The summed E-state index contributed by atoms with van der Waals surface area (Å²) in [7, 11) is 1.56. The average molecular weight is 411 g/mol. The van der Waals surface area contributed by atoms with E-state index < -0.39 is 0 Å². The van der Waals surface area contributed by atoms with Crippen LogP contribution in [0.2, 0.25) is 5.02 Å². The predicted molar refractivity (Wildman–Crippen MR) is 113 cm³/mol.